The smallest absolute Gasteiger partial charge is 0.0595 e. The molecule has 1 N–H and O–H groups in total. The Morgan fingerprint density at radius 1 is 1.27 bits per heavy atom. The van der Waals surface area contributed by atoms with Crippen LogP contribution in [0.2, 0.25) is 10.0 Å². The van der Waals surface area contributed by atoms with Crippen molar-refractivity contribution in [1.29, 1.82) is 0 Å². The van der Waals surface area contributed by atoms with E-state index >= 15 is 0 Å². The number of hydrogen-bond acceptors (Lipinski definition) is 1. The first kappa shape index (κ1) is 11.3. The Morgan fingerprint density at radius 2 is 1.87 bits per heavy atom. The minimum Gasteiger partial charge on any atom is -0.395 e. The summed E-state index contributed by atoms with van der Waals surface area (Å²) in [6, 6.07) is 5.62. The van der Waals surface area contributed by atoms with Crippen LogP contribution in [0, 0.1) is 5.41 Å². The maximum absolute atomic E-state index is 9.53. The molecule has 15 heavy (non-hydrogen) atoms. The Balaban J connectivity index is 2.42. The fourth-order valence-corrected chi connectivity index (χ4v) is 2.66. The number of benzene rings is 1. The van der Waals surface area contributed by atoms with E-state index < -0.39 is 0 Å². The van der Waals surface area contributed by atoms with Crippen LogP contribution < -0.4 is 0 Å². The van der Waals surface area contributed by atoms with Crippen molar-refractivity contribution < 1.29 is 5.11 Å². The molecule has 0 radical (unpaired) electrons. The fraction of sp³-hybridized carbons (Fsp3) is 0.500. The second-order valence-corrected chi connectivity index (χ2v) is 5.74. The van der Waals surface area contributed by atoms with E-state index in [4.69, 9.17) is 23.2 Å². The topological polar surface area (TPSA) is 20.2 Å². The Bertz CT molecular complexity index is 401. The van der Waals surface area contributed by atoms with Crippen molar-refractivity contribution in [2.45, 2.75) is 25.7 Å². The van der Waals surface area contributed by atoms with Gasteiger partial charge in [0.25, 0.3) is 0 Å². The second-order valence-electron chi connectivity index (χ2n) is 4.93. The van der Waals surface area contributed by atoms with Crippen LogP contribution in [-0.4, -0.2) is 11.7 Å². The van der Waals surface area contributed by atoms with Gasteiger partial charge in [-0.05, 0) is 29.5 Å². The molecule has 0 aliphatic heterocycles. The normalized spacial score (nSPS) is 27.8. The molecule has 0 amide bonds. The van der Waals surface area contributed by atoms with Crippen LogP contribution in [0.4, 0.5) is 0 Å². The SMILES string of the molecule is CC1(C)CC1(CO)c1ccc(Cl)c(Cl)c1. The predicted octanol–water partition coefficient (Wildman–Crippen LogP) is 3.65. The Labute approximate surface area is 100 Å². The van der Waals surface area contributed by atoms with Crippen molar-refractivity contribution >= 4 is 23.2 Å². The molecular formula is C12H14Cl2O. The van der Waals surface area contributed by atoms with Crippen molar-refractivity contribution in [2.75, 3.05) is 6.61 Å². The highest BCUT2D eigenvalue weighted by atomic mass is 35.5. The molecule has 1 aromatic rings. The summed E-state index contributed by atoms with van der Waals surface area (Å²) in [5, 5.41) is 10.7. The number of halogens is 2. The van der Waals surface area contributed by atoms with Gasteiger partial charge >= 0.3 is 0 Å². The van der Waals surface area contributed by atoms with Crippen molar-refractivity contribution in [1.82, 2.24) is 0 Å². The van der Waals surface area contributed by atoms with Gasteiger partial charge < -0.3 is 5.11 Å². The lowest BCUT2D eigenvalue weighted by Crippen LogP contribution is -2.19. The van der Waals surface area contributed by atoms with E-state index in [1.54, 1.807) is 6.07 Å². The van der Waals surface area contributed by atoms with Gasteiger partial charge in [-0.2, -0.15) is 0 Å². The molecule has 82 valence electrons. The zero-order valence-electron chi connectivity index (χ0n) is 8.85. The summed E-state index contributed by atoms with van der Waals surface area (Å²) in [5.41, 5.74) is 1.12. The fourth-order valence-electron chi connectivity index (χ4n) is 2.36. The van der Waals surface area contributed by atoms with Crippen molar-refractivity contribution in [3.8, 4) is 0 Å². The van der Waals surface area contributed by atoms with Gasteiger partial charge in [-0.1, -0.05) is 43.1 Å². The van der Waals surface area contributed by atoms with E-state index in [9.17, 15) is 5.11 Å². The van der Waals surface area contributed by atoms with Crippen molar-refractivity contribution in [2.24, 2.45) is 5.41 Å². The lowest BCUT2D eigenvalue weighted by Gasteiger charge is -2.18. The average Bonchev–Trinajstić information content (AvgIpc) is 2.75. The van der Waals surface area contributed by atoms with Gasteiger partial charge in [-0.25, -0.2) is 0 Å². The van der Waals surface area contributed by atoms with E-state index in [1.165, 1.54) is 0 Å². The minimum atomic E-state index is -0.124. The van der Waals surface area contributed by atoms with Crippen molar-refractivity contribution in [3.63, 3.8) is 0 Å². The van der Waals surface area contributed by atoms with Crippen LogP contribution in [-0.2, 0) is 5.41 Å². The molecule has 0 spiro atoms. The van der Waals surface area contributed by atoms with E-state index in [0.29, 0.717) is 10.0 Å². The largest absolute Gasteiger partial charge is 0.395 e. The quantitative estimate of drug-likeness (QED) is 0.843. The number of aliphatic hydroxyl groups is 1. The third kappa shape index (κ3) is 1.57. The minimum absolute atomic E-state index is 0.124. The molecular weight excluding hydrogens is 231 g/mol. The van der Waals surface area contributed by atoms with Crippen LogP contribution in [0.3, 0.4) is 0 Å². The molecule has 3 heteroatoms. The molecule has 1 aliphatic rings. The molecule has 1 saturated carbocycles. The molecule has 0 aromatic heterocycles. The summed E-state index contributed by atoms with van der Waals surface area (Å²) in [7, 11) is 0. The molecule has 0 saturated heterocycles. The highest BCUT2D eigenvalue weighted by Crippen LogP contribution is 2.64. The number of hydrogen-bond donors (Lipinski definition) is 1. The summed E-state index contributed by atoms with van der Waals surface area (Å²) in [4.78, 5) is 0. The first-order valence-electron chi connectivity index (χ1n) is 4.99. The van der Waals surface area contributed by atoms with E-state index in [0.717, 1.165) is 12.0 Å². The Kier molecular flexibility index (Phi) is 2.53. The lowest BCUT2D eigenvalue weighted by molar-refractivity contribution is 0.231. The molecule has 0 bridgehead atoms. The summed E-state index contributed by atoms with van der Waals surface area (Å²) in [5.74, 6) is 0. The zero-order chi connectivity index (χ0) is 11.3. The third-order valence-electron chi connectivity index (χ3n) is 3.66. The van der Waals surface area contributed by atoms with Crippen LogP contribution in [0.15, 0.2) is 18.2 Å². The molecule has 1 unspecified atom stereocenters. The standard InChI is InChI=1S/C12H14Cl2O/c1-11(2)6-12(11,7-15)8-3-4-9(13)10(14)5-8/h3-5,15H,6-7H2,1-2H3. The first-order chi connectivity index (χ1) is 6.93. The Hall–Kier alpha value is -0.240. The van der Waals surface area contributed by atoms with Gasteiger partial charge in [0.05, 0.1) is 16.7 Å². The van der Waals surface area contributed by atoms with Gasteiger partial charge in [0.2, 0.25) is 0 Å². The van der Waals surface area contributed by atoms with Crippen LogP contribution in [0.1, 0.15) is 25.8 Å². The summed E-state index contributed by atoms with van der Waals surface area (Å²) in [6.07, 6.45) is 0.995. The highest BCUT2D eigenvalue weighted by molar-refractivity contribution is 6.42. The lowest BCUT2D eigenvalue weighted by atomic mass is 9.89. The number of rotatable bonds is 2. The number of aliphatic hydroxyl groups excluding tert-OH is 1. The van der Waals surface area contributed by atoms with Crippen LogP contribution in [0.5, 0.6) is 0 Å². The molecule has 1 atom stereocenters. The van der Waals surface area contributed by atoms with Gasteiger partial charge in [0.1, 0.15) is 0 Å². The van der Waals surface area contributed by atoms with Gasteiger partial charge in [0.15, 0.2) is 0 Å². The third-order valence-corrected chi connectivity index (χ3v) is 4.40. The molecule has 1 aromatic carbocycles. The molecule has 1 fully saturated rings. The van der Waals surface area contributed by atoms with Crippen LogP contribution >= 0.6 is 23.2 Å². The monoisotopic (exact) mass is 244 g/mol. The maximum atomic E-state index is 9.53. The maximum Gasteiger partial charge on any atom is 0.0595 e. The summed E-state index contributed by atoms with van der Waals surface area (Å²) < 4.78 is 0. The molecule has 0 heterocycles. The second kappa shape index (κ2) is 3.38. The highest BCUT2D eigenvalue weighted by Gasteiger charge is 2.61. The van der Waals surface area contributed by atoms with E-state index in [2.05, 4.69) is 13.8 Å². The molecule has 2 rings (SSSR count). The van der Waals surface area contributed by atoms with Gasteiger partial charge in [0, 0.05) is 5.41 Å². The summed E-state index contributed by atoms with van der Waals surface area (Å²) >= 11 is 11.9. The Morgan fingerprint density at radius 3 is 2.27 bits per heavy atom. The predicted molar refractivity (Wildman–Crippen MR) is 63.6 cm³/mol. The van der Waals surface area contributed by atoms with Crippen molar-refractivity contribution in [3.05, 3.63) is 33.8 Å². The first-order valence-corrected chi connectivity index (χ1v) is 5.75. The van der Waals surface area contributed by atoms with Gasteiger partial charge in [-0.3, -0.25) is 0 Å². The van der Waals surface area contributed by atoms with E-state index in [-0.39, 0.29) is 17.4 Å². The molecule has 1 aliphatic carbocycles. The van der Waals surface area contributed by atoms with E-state index in [1.807, 2.05) is 12.1 Å². The zero-order valence-corrected chi connectivity index (χ0v) is 10.4. The van der Waals surface area contributed by atoms with Gasteiger partial charge in [-0.15, -0.1) is 0 Å². The average molecular weight is 245 g/mol. The molecule has 1 nitrogen and oxygen atoms in total. The summed E-state index contributed by atoms with van der Waals surface area (Å²) in [6.45, 7) is 4.48. The van der Waals surface area contributed by atoms with Crippen LogP contribution in [0.25, 0.3) is 0 Å².